The number of rotatable bonds is 5. The number of amides is 2. The van der Waals surface area contributed by atoms with Crippen molar-refractivity contribution in [2.24, 2.45) is 0 Å². The number of ether oxygens (including phenoxy) is 1. The van der Waals surface area contributed by atoms with Crippen molar-refractivity contribution >= 4 is 6.03 Å². The van der Waals surface area contributed by atoms with Crippen molar-refractivity contribution in [2.75, 3.05) is 19.6 Å². The van der Waals surface area contributed by atoms with Gasteiger partial charge in [-0.25, -0.2) is 14.2 Å². The molecule has 0 radical (unpaired) electrons. The van der Waals surface area contributed by atoms with Crippen LogP contribution in [0.25, 0.3) is 0 Å². The molecule has 1 unspecified atom stereocenters. The van der Waals surface area contributed by atoms with Crippen LogP contribution in [0.3, 0.4) is 0 Å². The van der Waals surface area contributed by atoms with Crippen LogP contribution in [0.15, 0.2) is 43.0 Å². The molecule has 1 saturated heterocycles. The van der Waals surface area contributed by atoms with E-state index < -0.39 is 0 Å². The highest BCUT2D eigenvalue weighted by Gasteiger charge is 2.23. The minimum absolute atomic E-state index is 0.0707. The van der Waals surface area contributed by atoms with Gasteiger partial charge in [0.2, 0.25) is 0 Å². The molecule has 0 spiro atoms. The molecule has 2 amide bonds. The molecule has 6 nitrogen and oxygen atoms in total. The Balaban J connectivity index is 1.40. The summed E-state index contributed by atoms with van der Waals surface area (Å²) in [7, 11) is 0. The van der Waals surface area contributed by atoms with Gasteiger partial charge in [-0.1, -0.05) is 0 Å². The van der Waals surface area contributed by atoms with E-state index in [9.17, 15) is 9.18 Å². The van der Waals surface area contributed by atoms with Crippen LogP contribution >= 0.6 is 0 Å². The van der Waals surface area contributed by atoms with E-state index in [4.69, 9.17) is 4.74 Å². The van der Waals surface area contributed by atoms with Crippen LogP contribution in [-0.2, 0) is 0 Å². The quantitative estimate of drug-likeness (QED) is 0.906. The lowest BCUT2D eigenvalue weighted by molar-refractivity contribution is 0.162. The molecule has 0 saturated carbocycles. The van der Waals surface area contributed by atoms with Gasteiger partial charge in [0.05, 0.1) is 12.9 Å². The summed E-state index contributed by atoms with van der Waals surface area (Å²) in [6.07, 6.45) is 7.22. The lowest BCUT2D eigenvalue weighted by atomic mass is 10.1. The fourth-order valence-electron chi connectivity index (χ4n) is 2.98. The normalized spacial score (nSPS) is 16.5. The van der Waals surface area contributed by atoms with Crippen molar-refractivity contribution in [3.05, 3.63) is 48.8 Å². The van der Waals surface area contributed by atoms with Crippen LogP contribution < -0.4 is 10.1 Å². The number of nitrogens with one attached hydrogen (secondary N) is 1. The number of carbonyl (C=O) groups excluding carboxylic acids is 1. The maximum absolute atomic E-state index is 12.9. The topological polar surface area (TPSA) is 59.4 Å². The van der Waals surface area contributed by atoms with Crippen molar-refractivity contribution in [3.8, 4) is 5.75 Å². The summed E-state index contributed by atoms with van der Waals surface area (Å²) in [6.45, 7) is 3.72. The third-order valence-electron chi connectivity index (χ3n) is 4.39. The fourth-order valence-corrected chi connectivity index (χ4v) is 2.98. The maximum Gasteiger partial charge on any atom is 0.317 e. The van der Waals surface area contributed by atoms with Gasteiger partial charge in [0.1, 0.15) is 17.7 Å². The van der Waals surface area contributed by atoms with Gasteiger partial charge in [-0.3, -0.25) is 0 Å². The molecule has 1 aromatic carbocycles. The molecule has 1 aliphatic rings. The van der Waals surface area contributed by atoms with E-state index in [2.05, 4.69) is 14.9 Å². The summed E-state index contributed by atoms with van der Waals surface area (Å²) < 4.78 is 20.6. The Kier molecular flexibility index (Phi) is 5.53. The SMILES string of the molecule is CC(CNC(=O)N1CCC(n2ccnc2)CC1)Oc1ccc(F)cc1. The molecule has 0 bridgehead atoms. The number of aromatic nitrogens is 2. The third-order valence-corrected chi connectivity index (χ3v) is 4.39. The van der Waals surface area contributed by atoms with E-state index in [1.54, 1.807) is 18.3 Å². The smallest absolute Gasteiger partial charge is 0.317 e. The molecule has 1 aliphatic heterocycles. The molecule has 2 aromatic rings. The monoisotopic (exact) mass is 346 g/mol. The highest BCUT2D eigenvalue weighted by atomic mass is 19.1. The van der Waals surface area contributed by atoms with Crippen molar-refractivity contribution < 1.29 is 13.9 Å². The van der Waals surface area contributed by atoms with Crippen LogP contribution in [0.4, 0.5) is 9.18 Å². The fraction of sp³-hybridized carbons (Fsp3) is 0.444. The Hall–Kier alpha value is -2.57. The van der Waals surface area contributed by atoms with Gasteiger partial charge in [0, 0.05) is 31.5 Å². The van der Waals surface area contributed by atoms with Crippen molar-refractivity contribution in [1.29, 1.82) is 0 Å². The lowest BCUT2D eigenvalue weighted by Gasteiger charge is -2.32. The molecule has 1 fully saturated rings. The van der Waals surface area contributed by atoms with E-state index in [0.29, 0.717) is 18.3 Å². The maximum atomic E-state index is 12.9. The number of hydrogen-bond donors (Lipinski definition) is 1. The van der Waals surface area contributed by atoms with Gasteiger partial charge in [0.15, 0.2) is 0 Å². The highest BCUT2D eigenvalue weighted by Crippen LogP contribution is 2.22. The number of halogens is 1. The van der Waals surface area contributed by atoms with Crippen molar-refractivity contribution in [3.63, 3.8) is 0 Å². The Labute approximate surface area is 146 Å². The second-order valence-corrected chi connectivity index (χ2v) is 6.30. The first kappa shape index (κ1) is 17.3. The van der Waals surface area contributed by atoms with Gasteiger partial charge in [-0.2, -0.15) is 0 Å². The molecular weight excluding hydrogens is 323 g/mol. The average molecular weight is 346 g/mol. The standard InChI is InChI=1S/C18H23FN4O2/c1-14(25-17-4-2-15(19)3-5-17)12-21-18(24)22-9-6-16(7-10-22)23-11-8-20-13-23/h2-5,8,11,13-14,16H,6-7,9-10,12H2,1H3,(H,21,24). The van der Waals surface area contributed by atoms with Crippen LogP contribution in [-0.4, -0.2) is 46.2 Å². The van der Waals surface area contributed by atoms with Gasteiger partial charge >= 0.3 is 6.03 Å². The number of likely N-dealkylation sites (tertiary alicyclic amines) is 1. The van der Waals surface area contributed by atoms with Gasteiger partial charge in [0.25, 0.3) is 0 Å². The molecule has 7 heteroatoms. The predicted octanol–water partition coefficient (Wildman–Crippen LogP) is 2.84. The summed E-state index contributed by atoms with van der Waals surface area (Å²) in [5, 5.41) is 2.90. The van der Waals surface area contributed by atoms with Crippen LogP contribution in [0.5, 0.6) is 5.75 Å². The average Bonchev–Trinajstić information content (AvgIpc) is 3.16. The first-order chi connectivity index (χ1) is 12.1. The Morgan fingerprint density at radius 2 is 2.08 bits per heavy atom. The molecule has 1 aromatic heterocycles. The van der Waals surface area contributed by atoms with Crippen LogP contribution in [0.1, 0.15) is 25.8 Å². The first-order valence-corrected chi connectivity index (χ1v) is 8.54. The Bertz CT molecular complexity index is 667. The van der Waals surface area contributed by atoms with E-state index >= 15 is 0 Å². The Morgan fingerprint density at radius 1 is 1.36 bits per heavy atom. The number of piperidine rings is 1. The molecule has 25 heavy (non-hydrogen) atoms. The zero-order chi connectivity index (χ0) is 17.6. The van der Waals surface area contributed by atoms with Gasteiger partial charge < -0.3 is 19.5 Å². The van der Waals surface area contributed by atoms with Crippen molar-refractivity contribution in [2.45, 2.75) is 31.9 Å². The van der Waals surface area contributed by atoms with Crippen LogP contribution in [0.2, 0.25) is 0 Å². The predicted molar refractivity (Wildman–Crippen MR) is 92.0 cm³/mol. The molecular formula is C18H23FN4O2. The van der Waals surface area contributed by atoms with Gasteiger partial charge in [-0.05, 0) is 44.0 Å². The van der Waals surface area contributed by atoms with E-state index in [-0.39, 0.29) is 18.0 Å². The molecule has 134 valence electrons. The zero-order valence-corrected chi connectivity index (χ0v) is 14.3. The number of urea groups is 1. The van der Waals surface area contributed by atoms with E-state index in [1.807, 2.05) is 24.3 Å². The summed E-state index contributed by atoms with van der Waals surface area (Å²) in [5.41, 5.74) is 0. The first-order valence-electron chi connectivity index (χ1n) is 8.54. The summed E-state index contributed by atoms with van der Waals surface area (Å²) in [4.78, 5) is 18.2. The van der Waals surface area contributed by atoms with E-state index in [0.717, 1.165) is 25.9 Å². The zero-order valence-electron chi connectivity index (χ0n) is 14.3. The largest absolute Gasteiger partial charge is 0.489 e. The second-order valence-electron chi connectivity index (χ2n) is 6.30. The number of imidazole rings is 1. The van der Waals surface area contributed by atoms with E-state index in [1.165, 1.54) is 12.1 Å². The Morgan fingerprint density at radius 3 is 2.72 bits per heavy atom. The summed E-state index contributed by atoms with van der Waals surface area (Å²) >= 11 is 0. The highest BCUT2D eigenvalue weighted by molar-refractivity contribution is 5.74. The minimum Gasteiger partial charge on any atom is -0.489 e. The number of carbonyl (C=O) groups is 1. The molecule has 1 N–H and O–H groups in total. The molecule has 2 heterocycles. The third kappa shape index (κ3) is 4.71. The van der Waals surface area contributed by atoms with Crippen LogP contribution in [0, 0.1) is 5.82 Å². The summed E-state index contributed by atoms with van der Waals surface area (Å²) in [6, 6.07) is 6.20. The number of hydrogen-bond acceptors (Lipinski definition) is 3. The molecule has 1 atom stereocenters. The molecule has 0 aliphatic carbocycles. The number of nitrogens with zero attached hydrogens (tertiary/aromatic N) is 3. The second kappa shape index (κ2) is 8.00. The molecule has 3 rings (SSSR count). The number of benzene rings is 1. The lowest BCUT2D eigenvalue weighted by Crippen LogP contribution is -2.46. The minimum atomic E-state index is -0.299. The van der Waals surface area contributed by atoms with Crippen molar-refractivity contribution in [1.82, 2.24) is 19.8 Å². The van der Waals surface area contributed by atoms with Gasteiger partial charge in [-0.15, -0.1) is 0 Å². The summed E-state index contributed by atoms with van der Waals surface area (Å²) in [5.74, 6) is 0.289.